The van der Waals surface area contributed by atoms with E-state index in [9.17, 15) is 27.9 Å². The van der Waals surface area contributed by atoms with Crippen LogP contribution in [0.25, 0.3) is 10.9 Å². The number of aliphatic hydroxyl groups excluding tert-OH is 1. The van der Waals surface area contributed by atoms with Crippen molar-refractivity contribution in [1.82, 2.24) is 10.3 Å². The van der Waals surface area contributed by atoms with Crippen molar-refractivity contribution in [3.63, 3.8) is 0 Å². The Morgan fingerprint density at radius 2 is 1.82 bits per heavy atom. The third-order valence-electron chi connectivity index (χ3n) is 4.04. The van der Waals surface area contributed by atoms with Crippen molar-refractivity contribution in [3.8, 4) is 0 Å². The molecule has 0 aliphatic heterocycles. The van der Waals surface area contributed by atoms with Crippen molar-refractivity contribution in [3.05, 3.63) is 65.9 Å². The molecule has 1 heterocycles. The molecule has 2 amide bonds. The lowest BCUT2D eigenvalue weighted by molar-refractivity contribution is -0.137. The van der Waals surface area contributed by atoms with Crippen molar-refractivity contribution in [1.29, 1.82) is 0 Å². The van der Waals surface area contributed by atoms with Crippen LogP contribution in [0.1, 0.15) is 16.1 Å². The first-order valence-electron chi connectivity index (χ1n) is 8.25. The number of aromatic nitrogens is 1. The number of alkyl halides is 3. The number of H-pyrrole nitrogens is 1. The molecular weight excluding hydrogens is 375 g/mol. The number of nitrogens with one attached hydrogen (secondary N) is 3. The normalized spacial score (nSPS) is 12.6. The summed E-state index contributed by atoms with van der Waals surface area (Å²) in [6.45, 7) is -0.725. The van der Waals surface area contributed by atoms with Gasteiger partial charge in [0.1, 0.15) is 11.7 Å². The summed E-state index contributed by atoms with van der Waals surface area (Å²) in [6.07, 6.45) is -4.55. The van der Waals surface area contributed by atoms with Gasteiger partial charge in [-0.05, 0) is 30.3 Å². The zero-order chi connectivity index (χ0) is 20.3. The summed E-state index contributed by atoms with van der Waals surface area (Å²) in [6, 6.07) is 11.5. The fourth-order valence-corrected chi connectivity index (χ4v) is 2.63. The molecule has 0 radical (unpaired) electrons. The Hall–Kier alpha value is -3.33. The number of hydrogen-bond acceptors (Lipinski definition) is 3. The Balaban J connectivity index is 1.70. The molecule has 0 spiro atoms. The molecule has 0 aliphatic carbocycles. The van der Waals surface area contributed by atoms with E-state index >= 15 is 0 Å². The number of halogens is 3. The Labute approximate surface area is 157 Å². The quantitative estimate of drug-likeness (QED) is 0.539. The van der Waals surface area contributed by atoms with Gasteiger partial charge in [-0.25, -0.2) is 0 Å². The highest BCUT2D eigenvalue weighted by molar-refractivity contribution is 6.02. The standard InChI is InChI=1S/C19H16F3N3O3/c20-19(21,22)12-5-3-6-13(9-12)23-18(28)16(10-26)25-17(27)15-8-11-4-1-2-7-14(11)24-15/h1-9,16,24,26H,10H2,(H,23,28)(H,25,27)/t16-/m0/s1. The molecule has 3 aromatic rings. The Morgan fingerprint density at radius 3 is 2.50 bits per heavy atom. The summed E-state index contributed by atoms with van der Waals surface area (Å²) >= 11 is 0. The molecule has 0 aliphatic rings. The second kappa shape index (κ2) is 7.73. The van der Waals surface area contributed by atoms with Crippen molar-refractivity contribution in [2.24, 2.45) is 0 Å². The van der Waals surface area contributed by atoms with Crippen LogP contribution >= 0.6 is 0 Å². The number of carbonyl (C=O) groups excluding carboxylic acids is 2. The summed E-state index contributed by atoms with van der Waals surface area (Å²) in [4.78, 5) is 27.5. The molecule has 2 aromatic carbocycles. The van der Waals surface area contributed by atoms with E-state index in [1.54, 1.807) is 30.3 Å². The van der Waals surface area contributed by atoms with Gasteiger partial charge < -0.3 is 20.7 Å². The Bertz CT molecular complexity index is 981. The van der Waals surface area contributed by atoms with Crippen LogP contribution in [0.2, 0.25) is 0 Å². The zero-order valence-electron chi connectivity index (χ0n) is 14.4. The van der Waals surface area contributed by atoms with Crippen molar-refractivity contribution >= 4 is 28.4 Å². The van der Waals surface area contributed by atoms with Crippen LogP contribution in [0.3, 0.4) is 0 Å². The van der Waals surface area contributed by atoms with Crippen molar-refractivity contribution < 1.29 is 27.9 Å². The lowest BCUT2D eigenvalue weighted by Gasteiger charge is -2.16. The van der Waals surface area contributed by atoms with Crippen LogP contribution < -0.4 is 10.6 Å². The number of aliphatic hydroxyl groups is 1. The van der Waals surface area contributed by atoms with Gasteiger partial charge in [0.25, 0.3) is 5.91 Å². The zero-order valence-corrected chi connectivity index (χ0v) is 14.4. The molecule has 1 aromatic heterocycles. The van der Waals surface area contributed by atoms with Crippen LogP contribution in [-0.4, -0.2) is 34.6 Å². The summed E-state index contributed by atoms with van der Waals surface area (Å²) in [5, 5.41) is 14.8. The molecule has 4 N–H and O–H groups in total. The lowest BCUT2D eigenvalue weighted by Crippen LogP contribution is -2.46. The SMILES string of the molecule is O=C(N[C@@H](CO)C(=O)Nc1cccc(C(F)(F)F)c1)c1cc2ccccc2[nH]1. The number of carbonyl (C=O) groups is 2. The first kappa shape index (κ1) is 19.4. The van der Waals surface area contributed by atoms with Gasteiger partial charge in [-0.3, -0.25) is 9.59 Å². The smallest absolute Gasteiger partial charge is 0.394 e. The largest absolute Gasteiger partial charge is 0.416 e. The number of aromatic amines is 1. The van der Waals surface area contributed by atoms with E-state index in [0.29, 0.717) is 0 Å². The van der Waals surface area contributed by atoms with Gasteiger partial charge >= 0.3 is 6.18 Å². The van der Waals surface area contributed by atoms with Crippen LogP contribution in [0.4, 0.5) is 18.9 Å². The van der Waals surface area contributed by atoms with Gasteiger partial charge in [-0.2, -0.15) is 13.2 Å². The van der Waals surface area contributed by atoms with Crippen LogP contribution in [0, 0.1) is 0 Å². The highest BCUT2D eigenvalue weighted by Gasteiger charge is 2.30. The topological polar surface area (TPSA) is 94.2 Å². The molecule has 9 heteroatoms. The minimum Gasteiger partial charge on any atom is -0.394 e. The van der Waals surface area contributed by atoms with Crippen LogP contribution in [0.5, 0.6) is 0 Å². The van der Waals surface area contributed by atoms with Gasteiger partial charge in [0.2, 0.25) is 5.91 Å². The van der Waals surface area contributed by atoms with Crippen LogP contribution in [0.15, 0.2) is 54.6 Å². The van der Waals surface area contributed by atoms with E-state index in [-0.39, 0.29) is 11.4 Å². The molecule has 0 fully saturated rings. The highest BCUT2D eigenvalue weighted by Crippen LogP contribution is 2.30. The number of amides is 2. The van der Waals surface area contributed by atoms with Crippen molar-refractivity contribution in [2.45, 2.75) is 12.2 Å². The van der Waals surface area contributed by atoms with Gasteiger partial charge in [0.15, 0.2) is 0 Å². The molecule has 3 rings (SSSR count). The molecule has 0 saturated carbocycles. The van der Waals surface area contributed by atoms with E-state index in [2.05, 4.69) is 15.6 Å². The molecule has 1 atom stereocenters. The van der Waals surface area contributed by atoms with Crippen molar-refractivity contribution in [2.75, 3.05) is 11.9 Å². The average molecular weight is 391 g/mol. The molecule has 28 heavy (non-hydrogen) atoms. The van der Waals surface area contributed by atoms with Crippen LogP contribution in [-0.2, 0) is 11.0 Å². The maximum atomic E-state index is 12.8. The molecule has 146 valence electrons. The van der Waals surface area contributed by atoms with Gasteiger partial charge in [0.05, 0.1) is 12.2 Å². The first-order chi connectivity index (χ1) is 13.3. The number of benzene rings is 2. The maximum absolute atomic E-state index is 12.8. The third kappa shape index (κ3) is 4.32. The lowest BCUT2D eigenvalue weighted by atomic mass is 10.2. The summed E-state index contributed by atoms with van der Waals surface area (Å²) in [5.74, 6) is -1.47. The predicted octanol–water partition coefficient (Wildman–Crippen LogP) is 2.92. The third-order valence-corrected chi connectivity index (χ3v) is 4.04. The molecule has 0 bridgehead atoms. The highest BCUT2D eigenvalue weighted by atomic mass is 19.4. The molecular formula is C19H16F3N3O3. The summed E-state index contributed by atoms with van der Waals surface area (Å²) < 4.78 is 38.3. The molecule has 0 unspecified atom stereocenters. The first-order valence-corrected chi connectivity index (χ1v) is 8.25. The maximum Gasteiger partial charge on any atom is 0.416 e. The number of para-hydroxylation sites is 1. The summed E-state index contributed by atoms with van der Waals surface area (Å²) in [7, 11) is 0. The second-order valence-corrected chi connectivity index (χ2v) is 6.05. The Kier molecular flexibility index (Phi) is 5.36. The van der Waals surface area contributed by atoms with Gasteiger partial charge in [0, 0.05) is 16.6 Å². The van der Waals surface area contributed by atoms with E-state index in [0.717, 1.165) is 29.1 Å². The van der Waals surface area contributed by atoms with E-state index in [4.69, 9.17) is 0 Å². The van der Waals surface area contributed by atoms with E-state index < -0.39 is 36.2 Å². The predicted molar refractivity (Wildman–Crippen MR) is 96.7 cm³/mol. The fourth-order valence-electron chi connectivity index (χ4n) is 2.63. The minimum absolute atomic E-state index is 0.0989. The number of rotatable bonds is 5. The van der Waals surface area contributed by atoms with E-state index in [1.807, 2.05) is 0 Å². The number of anilines is 1. The second-order valence-electron chi connectivity index (χ2n) is 6.05. The van der Waals surface area contributed by atoms with Gasteiger partial charge in [-0.1, -0.05) is 24.3 Å². The monoisotopic (exact) mass is 391 g/mol. The summed E-state index contributed by atoms with van der Waals surface area (Å²) in [5.41, 5.74) is -0.112. The fraction of sp³-hybridized carbons (Fsp3) is 0.158. The number of hydrogen-bond donors (Lipinski definition) is 4. The molecule has 0 saturated heterocycles. The van der Waals surface area contributed by atoms with Gasteiger partial charge in [-0.15, -0.1) is 0 Å². The number of fused-ring (bicyclic) bond motifs is 1. The molecule has 6 nitrogen and oxygen atoms in total. The van der Waals surface area contributed by atoms with E-state index in [1.165, 1.54) is 6.07 Å². The average Bonchev–Trinajstić information content (AvgIpc) is 3.09. The minimum atomic E-state index is -4.55. The Morgan fingerprint density at radius 1 is 1.07 bits per heavy atom.